The van der Waals surface area contributed by atoms with E-state index in [2.05, 4.69) is 53.0 Å². The predicted octanol–water partition coefficient (Wildman–Crippen LogP) is 3.21. The lowest BCUT2D eigenvalue weighted by Gasteiger charge is -2.37. The average Bonchev–Trinajstić information content (AvgIpc) is 3.52. The highest BCUT2D eigenvalue weighted by Crippen LogP contribution is 2.37. The monoisotopic (exact) mass is 468 g/mol. The molecule has 1 aromatic heterocycles. The molecule has 6 rings (SSSR count). The highest BCUT2D eigenvalue weighted by molar-refractivity contribution is 5.97. The fourth-order valence-corrected chi connectivity index (χ4v) is 5.79. The van der Waals surface area contributed by atoms with Crippen LogP contribution in [0.25, 0.3) is 11.4 Å². The number of carbonyl (C=O) groups excluding carboxylic acids is 1. The smallest absolute Gasteiger partial charge is 0.231 e. The van der Waals surface area contributed by atoms with E-state index in [1.807, 2.05) is 34.0 Å². The number of piperidine rings is 1. The van der Waals surface area contributed by atoms with Crippen LogP contribution < -0.4 is 21.3 Å². The van der Waals surface area contributed by atoms with E-state index < -0.39 is 0 Å². The van der Waals surface area contributed by atoms with Gasteiger partial charge in [0.2, 0.25) is 5.91 Å². The number of fused-ring (bicyclic) bond motifs is 2. The minimum absolute atomic E-state index is 0.0880. The number of nitrogens with one attached hydrogen (secondary N) is 2. The van der Waals surface area contributed by atoms with Crippen molar-refractivity contribution in [1.29, 1.82) is 0 Å². The van der Waals surface area contributed by atoms with Gasteiger partial charge in [-0.3, -0.25) is 4.79 Å². The van der Waals surface area contributed by atoms with Crippen LogP contribution in [0, 0.1) is 12.8 Å². The van der Waals surface area contributed by atoms with E-state index >= 15 is 0 Å². The van der Waals surface area contributed by atoms with Crippen LogP contribution in [0.2, 0.25) is 0 Å². The number of hydrogen-bond acceptors (Lipinski definition) is 5. The first kappa shape index (κ1) is 21.9. The Labute approximate surface area is 206 Å². The molecule has 1 fully saturated rings. The van der Waals surface area contributed by atoms with E-state index in [-0.39, 0.29) is 12.1 Å². The average molecular weight is 469 g/mol. The summed E-state index contributed by atoms with van der Waals surface area (Å²) in [5, 5.41) is 11.8. The van der Waals surface area contributed by atoms with Gasteiger partial charge in [0, 0.05) is 29.9 Å². The second kappa shape index (κ2) is 8.89. The minimum atomic E-state index is 0.0880. The molecule has 7 nitrogen and oxygen atoms in total. The van der Waals surface area contributed by atoms with Gasteiger partial charge in [0.1, 0.15) is 6.17 Å². The molecule has 4 N–H and O–H groups in total. The van der Waals surface area contributed by atoms with E-state index in [0.717, 1.165) is 72.8 Å². The summed E-state index contributed by atoms with van der Waals surface area (Å²) in [4.78, 5) is 15.1. The highest BCUT2D eigenvalue weighted by atomic mass is 16.2. The molecule has 3 aliphatic rings. The van der Waals surface area contributed by atoms with Crippen LogP contribution in [-0.4, -0.2) is 35.3 Å². The number of nitrogens with two attached hydrogens (primary N) is 1. The van der Waals surface area contributed by atoms with Gasteiger partial charge < -0.3 is 21.3 Å². The third-order valence-electron chi connectivity index (χ3n) is 7.60. The van der Waals surface area contributed by atoms with Crippen molar-refractivity contribution < 1.29 is 4.79 Å². The van der Waals surface area contributed by atoms with Crippen molar-refractivity contribution in [3.63, 3.8) is 0 Å². The largest absolute Gasteiger partial charge is 0.395 e. The van der Waals surface area contributed by atoms with Gasteiger partial charge in [0.25, 0.3) is 0 Å². The maximum absolute atomic E-state index is 13.1. The SMILES string of the molecule is Cc1cccc(CC(=O)N2CCc3cc(C4=C(N)c5ccnn5C(C5CCNCC5)N4)ccc32)c1. The van der Waals surface area contributed by atoms with Crippen LogP contribution >= 0.6 is 0 Å². The summed E-state index contributed by atoms with van der Waals surface area (Å²) >= 11 is 0. The van der Waals surface area contributed by atoms with E-state index in [4.69, 9.17) is 5.73 Å². The zero-order valence-corrected chi connectivity index (χ0v) is 20.1. The molecule has 0 radical (unpaired) electrons. The predicted molar refractivity (Wildman–Crippen MR) is 138 cm³/mol. The maximum Gasteiger partial charge on any atom is 0.231 e. The molecule has 180 valence electrons. The summed E-state index contributed by atoms with van der Waals surface area (Å²) in [6, 6.07) is 16.6. The number of amides is 1. The van der Waals surface area contributed by atoms with Crippen molar-refractivity contribution >= 4 is 23.0 Å². The number of carbonyl (C=O) groups is 1. The quantitative estimate of drug-likeness (QED) is 0.547. The number of hydrogen-bond donors (Lipinski definition) is 3. The zero-order chi connectivity index (χ0) is 23.9. The molecule has 4 heterocycles. The molecule has 35 heavy (non-hydrogen) atoms. The minimum Gasteiger partial charge on any atom is -0.395 e. The Kier molecular flexibility index (Phi) is 5.57. The molecule has 1 unspecified atom stereocenters. The fourth-order valence-electron chi connectivity index (χ4n) is 5.79. The topological polar surface area (TPSA) is 88.2 Å². The lowest BCUT2D eigenvalue weighted by atomic mass is 9.92. The van der Waals surface area contributed by atoms with Crippen LogP contribution in [0.3, 0.4) is 0 Å². The second-order valence-electron chi connectivity index (χ2n) is 9.93. The summed E-state index contributed by atoms with van der Waals surface area (Å²) in [5.41, 5.74) is 14.8. The molecule has 1 saturated heterocycles. The van der Waals surface area contributed by atoms with E-state index in [9.17, 15) is 4.79 Å². The molecular formula is C28H32N6O. The summed E-state index contributed by atoms with van der Waals surface area (Å²) in [6.07, 6.45) is 5.40. The van der Waals surface area contributed by atoms with Crippen molar-refractivity contribution in [2.45, 2.75) is 38.8 Å². The number of nitrogens with zero attached hydrogens (tertiary/aromatic N) is 3. The molecule has 3 aromatic rings. The molecule has 1 amide bonds. The van der Waals surface area contributed by atoms with Gasteiger partial charge in [0.15, 0.2) is 0 Å². The lowest BCUT2D eigenvalue weighted by Crippen LogP contribution is -2.42. The maximum atomic E-state index is 13.1. The van der Waals surface area contributed by atoms with Crippen molar-refractivity contribution in [3.05, 3.63) is 82.7 Å². The number of rotatable bonds is 4. The number of aryl methyl sites for hydroxylation is 1. The second-order valence-corrected chi connectivity index (χ2v) is 9.93. The Bertz CT molecular complexity index is 1300. The van der Waals surface area contributed by atoms with Crippen LogP contribution in [0.5, 0.6) is 0 Å². The molecule has 7 heteroatoms. The van der Waals surface area contributed by atoms with Gasteiger partial charge in [-0.2, -0.15) is 5.10 Å². The van der Waals surface area contributed by atoms with Gasteiger partial charge >= 0.3 is 0 Å². The van der Waals surface area contributed by atoms with Crippen molar-refractivity contribution in [1.82, 2.24) is 20.4 Å². The molecule has 1 atom stereocenters. The molecule has 2 aromatic carbocycles. The first-order chi connectivity index (χ1) is 17.1. The van der Waals surface area contributed by atoms with Crippen LogP contribution in [-0.2, 0) is 17.6 Å². The third kappa shape index (κ3) is 4.00. The van der Waals surface area contributed by atoms with Crippen molar-refractivity contribution in [2.75, 3.05) is 24.5 Å². The van der Waals surface area contributed by atoms with Gasteiger partial charge in [-0.15, -0.1) is 0 Å². The van der Waals surface area contributed by atoms with E-state index in [1.165, 1.54) is 11.1 Å². The molecule has 0 bridgehead atoms. The molecule has 0 aliphatic carbocycles. The molecule has 3 aliphatic heterocycles. The molecule has 0 spiro atoms. The summed E-state index contributed by atoms with van der Waals surface area (Å²) in [5.74, 6) is 0.633. The standard InChI is InChI=1S/C28H32N6O/c1-18-3-2-4-19(15-18)16-25(35)33-14-10-21-17-22(5-6-23(21)33)27-26(29)24-9-13-31-34(24)28(32-27)20-7-11-30-12-8-20/h2-6,9,13,15,17,20,28,30,32H,7-8,10-12,14,16,29H2,1H3. The third-order valence-corrected chi connectivity index (χ3v) is 7.60. The Morgan fingerprint density at radius 1 is 1.14 bits per heavy atom. The van der Waals surface area contributed by atoms with Crippen LogP contribution in [0.4, 0.5) is 5.69 Å². The Balaban J connectivity index is 1.27. The lowest BCUT2D eigenvalue weighted by molar-refractivity contribution is -0.117. The molecular weight excluding hydrogens is 436 g/mol. The van der Waals surface area contributed by atoms with Crippen LogP contribution in [0.1, 0.15) is 47.0 Å². The number of benzene rings is 2. The van der Waals surface area contributed by atoms with Crippen molar-refractivity contribution in [3.8, 4) is 0 Å². The molecule has 0 saturated carbocycles. The van der Waals surface area contributed by atoms with Gasteiger partial charge in [0.05, 0.1) is 23.5 Å². The number of aromatic nitrogens is 2. The Morgan fingerprint density at radius 2 is 2.00 bits per heavy atom. The van der Waals surface area contributed by atoms with Crippen molar-refractivity contribution in [2.24, 2.45) is 11.7 Å². The van der Waals surface area contributed by atoms with E-state index in [1.54, 1.807) is 0 Å². The normalized spacial score (nSPS) is 19.9. The number of anilines is 1. The van der Waals surface area contributed by atoms with E-state index in [0.29, 0.717) is 12.3 Å². The van der Waals surface area contributed by atoms with Gasteiger partial charge in [-0.1, -0.05) is 35.9 Å². The first-order valence-electron chi connectivity index (χ1n) is 12.6. The summed E-state index contributed by atoms with van der Waals surface area (Å²) in [7, 11) is 0. The summed E-state index contributed by atoms with van der Waals surface area (Å²) < 4.78 is 2.05. The first-order valence-corrected chi connectivity index (χ1v) is 12.6. The van der Waals surface area contributed by atoms with Gasteiger partial charge in [-0.05, 0) is 68.6 Å². The van der Waals surface area contributed by atoms with Gasteiger partial charge in [-0.25, -0.2) is 4.68 Å². The summed E-state index contributed by atoms with van der Waals surface area (Å²) in [6.45, 7) is 4.83. The Morgan fingerprint density at radius 3 is 2.83 bits per heavy atom. The highest BCUT2D eigenvalue weighted by Gasteiger charge is 2.33. The van der Waals surface area contributed by atoms with Crippen LogP contribution in [0.15, 0.2) is 54.7 Å². The Hall–Kier alpha value is -3.58. The fraction of sp³-hybridized carbons (Fsp3) is 0.357. The zero-order valence-electron chi connectivity index (χ0n) is 20.1.